The Labute approximate surface area is 159 Å². The van der Waals surface area contributed by atoms with Gasteiger partial charge in [0.05, 0.1) is 17.6 Å². The van der Waals surface area contributed by atoms with E-state index in [-0.39, 0.29) is 18.0 Å². The van der Waals surface area contributed by atoms with Crippen LogP contribution < -0.4 is 10.5 Å². The smallest absolute Gasteiger partial charge is 0.410 e. The fraction of sp³-hybridized carbons (Fsp3) is 0.550. The molecule has 1 aromatic heterocycles. The van der Waals surface area contributed by atoms with Gasteiger partial charge in [-0.1, -0.05) is 12.1 Å². The van der Waals surface area contributed by atoms with Gasteiger partial charge in [-0.3, -0.25) is 0 Å². The molecule has 1 fully saturated rings. The number of benzene rings is 1. The molecule has 7 heteroatoms. The number of ether oxygens (including phenoxy) is 2. The summed E-state index contributed by atoms with van der Waals surface area (Å²) in [6, 6.07) is 7.63. The first-order valence-electron chi connectivity index (χ1n) is 9.48. The first kappa shape index (κ1) is 19.2. The number of carbonyl (C=O) groups excluding carboxylic acids is 1. The van der Waals surface area contributed by atoms with Gasteiger partial charge in [-0.05, 0) is 52.2 Å². The predicted octanol–water partition coefficient (Wildman–Crippen LogP) is 3.77. The molecule has 1 aliphatic rings. The summed E-state index contributed by atoms with van der Waals surface area (Å²) in [6.45, 7) is 6.79. The fourth-order valence-electron chi connectivity index (χ4n) is 3.26. The molecule has 0 saturated carbocycles. The van der Waals surface area contributed by atoms with Crippen molar-refractivity contribution in [1.82, 2.24) is 14.9 Å². The van der Waals surface area contributed by atoms with Crippen molar-refractivity contribution in [3.05, 3.63) is 24.3 Å². The van der Waals surface area contributed by atoms with Gasteiger partial charge < -0.3 is 20.1 Å². The van der Waals surface area contributed by atoms with Gasteiger partial charge in [0.15, 0.2) is 5.82 Å². The number of amides is 1. The summed E-state index contributed by atoms with van der Waals surface area (Å²) in [5.74, 6) is 0.620. The molecular formula is C20H28N4O3. The third-order valence-electron chi connectivity index (χ3n) is 4.51. The third-order valence-corrected chi connectivity index (χ3v) is 4.51. The van der Waals surface area contributed by atoms with Crippen LogP contribution in [0.4, 0.5) is 10.6 Å². The van der Waals surface area contributed by atoms with Gasteiger partial charge in [-0.2, -0.15) is 0 Å². The maximum absolute atomic E-state index is 12.5. The summed E-state index contributed by atoms with van der Waals surface area (Å²) in [6.07, 6.45) is 3.49. The maximum Gasteiger partial charge on any atom is 0.410 e. The van der Waals surface area contributed by atoms with Crippen molar-refractivity contribution in [2.75, 3.05) is 18.9 Å². The second-order valence-electron chi connectivity index (χ2n) is 7.86. The Bertz CT molecular complexity index is 803. The molecule has 1 atom stereocenters. The van der Waals surface area contributed by atoms with Crippen molar-refractivity contribution in [3.63, 3.8) is 0 Å². The number of hydrogen-bond donors (Lipinski definition) is 1. The molecule has 1 amide bonds. The minimum absolute atomic E-state index is 0.100. The Morgan fingerprint density at radius 3 is 2.63 bits per heavy atom. The van der Waals surface area contributed by atoms with Crippen molar-refractivity contribution >= 4 is 22.9 Å². The highest BCUT2D eigenvalue weighted by atomic mass is 16.6. The summed E-state index contributed by atoms with van der Waals surface area (Å²) in [7, 11) is 0. The van der Waals surface area contributed by atoms with E-state index in [4.69, 9.17) is 15.2 Å². The van der Waals surface area contributed by atoms with Crippen LogP contribution in [0.2, 0.25) is 0 Å². The van der Waals surface area contributed by atoms with Crippen LogP contribution in [-0.2, 0) is 4.74 Å². The lowest BCUT2D eigenvalue weighted by Crippen LogP contribution is -2.46. The molecule has 27 heavy (non-hydrogen) atoms. The normalized spacial score (nSPS) is 17.7. The van der Waals surface area contributed by atoms with Gasteiger partial charge in [-0.25, -0.2) is 14.8 Å². The van der Waals surface area contributed by atoms with Gasteiger partial charge in [0.1, 0.15) is 5.60 Å². The minimum atomic E-state index is -0.495. The molecule has 2 N–H and O–H groups in total. The van der Waals surface area contributed by atoms with E-state index in [0.29, 0.717) is 18.9 Å². The van der Waals surface area contributed by atoms with Gasteiger partial charge in [-0.15, -0.1) is 0 Å². The number of nitrogen functional groups attached to an aromatic ring is 1. The molecule has 1 saturated heterocycles. The summed E-state index contributed by atoms with van der Waals surface area (Å²) < 4.78 is 11.3. The molecule has 2 heterocycles. The van der Waals surface area contributed by atoms with Crippen LogP contribution in [0.3, 0.4) is 0 Å². The average Bonchev–Trinajstić information content (AvgIpc) is 2.61. The largest absolute Gasteiger partial charge is 0.475 e. The number of nitrogens with zero attached hydrogens (tertiary/aromatic N) is 3. The van der Waals surface area contributed by atoms with E-state index in [1.54, 1.807) is 0 Å². The molecule has 2 aromatic rings. The highest BCUT2D eigenvalue weighted by Gasteiger charge is 2.30. The number of aromatic nitrogens is 2. The van der Waals surface area contributed by atoms with E-state index in [1.807, 2.05) is 49.9 Å². The number of fused-ring (bicyclic) bond motifs is 1. The number of piperidine rings is 1. The van der Waals surface area contributed by atoms with Crippen molar-refractivity contribution in [2.45, 2.75) is 58.1 Å². The van der Waals surface area contributed by atoms with E-state index in [1.165, 1.54) is 0 Å². The Morgan fingerprint density at radius 1 is 1.22 bits per heavy atom. The number of nitrogens with two attached hydrogens (primary N) is 1. The van der Waals surface area contributed by atoms with Crippen LogP contribution in [0.5, 0.6) is 5.88 Å². The summed E-state index contributed by atoms with van der Waals surface area (Å²) in [4.78, 5) is 23.1. The lowest BCUT2D eigenvalue weighted by molar-refractivity contribution is 0.00739. The Hall–Kier alpha value is -2.57. The number of carbonyl (C=O) groups is 1. The zero-order chi connectivity index (χ0) is 19.4. The highest BCUT2D eigenvalue weighted by Crippen LogP contribution is 2.24. The Balaban J connectivity index is 1.61. The van der Waals surface area contributed by atoms with Crippen LogP contribution in [0, 0.1) is 0 Å². The van der Waals surface area contributed by atoms with Crippen molar-refractivity contribution < 1.29 is 14.3 Å². The minimum Gasteiger partial charge on any atom is -0.475 e. The number of para-hydroxylation sites is 2. The van der Waals surface area contributed by atoms with Crippen LogP contribution in [0.25, 0.3) is 11.0 Å². The fourth-order valence-corrected chi connectivity index (χ4v) is 3.26. The van der Waals surface area contributed by atoms with Crippen LogP contribution in [0.15, 0.2) is 24.3 Å². The lowest BCUT2D eigenvalue weighted by atomic mass is 10.0. The first-order chi connectivity index (χ1) is 12.8. The molecule has 1 aliphatic heterocycles. The van der Waals surface area contributed by atoms with Crippen LogP contribution in [-0.4, -0.2) is 45.8 Å². The Morgan fingerprint density at radius 2 is 1.93 bits per heavy atom. The van der Waals surface area contributed by atoms with Crippen LogP contribution in [0.1, 0.15) is 46.5 Å². The van der Waals surface area contributed by atoms with E-state index in [0.717, 1.165) is 36.8 Å². The molecule has 146 valence electrons. The van der Waals surface area contributed by atoms with Gasteiger partial charge in [0, 0.05) is 19.0 Å². The molecule has 0 bridgehead atoms. The lowest BCUT2D eigenvalue weighted by Gasteiger charge is -2.36. The van der Waals surface area contributed by atoms with Crippen molar-refractivity contribution in [3.8, 4) is 5.88 Å². The monoisotopic (exact) mass is 372 g/mol. The summed E-state index contributed by atoms with van der Waals surface area (Å²) >= 11 is 0. The molecular weight excluding hydrogens is 344 g/mol. The topological polar surface area (TPSA) is 90.6 Å². The third kappa shape index (κ3) is 4.99. The quantitative estimate of drug-likeness (QED) is 0.878. The highest BCUT2D eigenvalue weighted by molar-refractivity contribution is 5.76. The average molecular weight is 372 g/mol. The second-order valence-corrected chi connectivity index (χ2v) is 7.86. The summed E-state index contributed by atoms with van der Waals surface area (Å²) in [5.41, 5.74) is 6.96. The van der Waals surface area contributed by atoms with E-state index < -0.39 is 5.60 Å². The van der Waals surface area contributed by atoms with Crippen molar-refractivity contribution in [2.24, 2.45) is 0 Å². The molecule has 0 unspecified atom stereocenters. The molecule has 3 rings (SSSR count). The molecule has 1 aromatic carbocycles. The van der Waals surface area contributed by atoms with Gasteiger partial charge in [0.2, 0.25) is 0 Å². The molecule has 0 spiro atoms. The van der Waals surface area contributed by atoms with Gasteiger partial charge in [0.25, 0.3) is 5.88 Å². The molecule has 7 nitrogen and oxygen atoms in total. The number of anilines is 1. The number of hydrogen-bond acceptors (Lipinski definition) is 6. The predicted molar refractivity (Wildman–Crippen MR) is 105 cm³/mol. The van der Waals surface area contributed by atoms with Crippen LogP contribution >= 0.6 is 0 Å². The standard InChI is InChI=1S/C20H28N4O3/c1-20(2,3)27-19(25)24-12-7-6-8-14(24)11-13-26-18-17(21)22-15-9-4-5-10-16(15)23-18/h4-5,9-10,14H,6-8,11-13H2,1-3H3,(H2,21,22)/t14-/m1/s1. The van der Waals surface area contributed by atoms with E-state index in [2.05, 4.69) is 9.97 Å². The number of likely N-dealkylation sites (tertiary alicyclic amines) is 1. The zero-order valence-electron chi connectivity index (χ0n) is 16.3. The van der Waals surface area contributed by atoms with Gasteiger partial charge >= 0.3 is 6.09 Å². The molecule has 0 aliphatic carbocycles. The second kappa shape index (κ2) is 7.98. The van der Waals surface area contributed by atoms with E-state index in [9.17, 15) is 4.79 Å². The maximum atomic E-state index is 12.5. The van der Waals surface area contributed by atoms with Crippen molar-refractivity contribution in [1.29, 1.82) is 0 Å². The van der Waals surface area contributed by atoms with E-state index >= 15 is 0 Å². The summed E-state index contributed by atoms with van der Waals surface area (Å²) in [5, 5.41) is 0. The number of rotatable bonds is 4. The SMILES string of the molecule is CC(C)(C)OC(=O)N1CCCC[C@@H]1CCOc1nc2ccccc2nc1N. The Kier molecular flexibility index (Phi) is 5.68. The first-order valence-corrected chi connectivity index (χ1v) is 9.48. The molecule has 0 radical (unpaired) electrons. The zero-order valence-corrected chi connectivity index (χ0v) is 16.3.